The molecule has 0 aliphatic heterocycles. The molecule has 0 saturated heterocycles. The zero-order chi connectivity index (χ0) is 12.3. The van der Waals surface area contributed by atoms with E-state index in [0.29, 0.717) is 18.0 Å². The first kappa shape index (κ1) is 12.4. The molecule has 1 fully saturated rings. The molecule has 1 N–H and O–H groups in total. The molecule has 2 unspecified atom stereocenters. The van der Waals surface area contributed by atoms with Gasteiger partial charge in [0, 0.05) is 29.4 Å². The molecule has 1 heterocycles. The maximum absolute atomic E-state index is 11.9. The van der Waals surface area contributed by atoms with Gasteiger partial charge in [0.25, 0.3) is 5.91 Å². The third-order valence-electron chi connectivity index (χ3n) is 3.25. The van der Waals surface area contributed by atoms with Crippen LogP contribution >= 0.6 is 11.6 Å². The van der Waals surface area contributed by atoms with Crippen LogP contribution in [0.4, 0.5) is 0 Å². The van der Waals surface area contributed by atoms with E-state index in [1.54, 1.807) is 18.3 Å². The Morgan fingerprint density at radius 2 is 2.41 bits per heavy atom. The highest BCUT2D eigenvalue weighted by atomic mass is 35.5. The summed E-state index contributed by atoms with van der Waals surface area (Å²) >= 11 is 6.17. The van der Waals surface area contributed by atoms with E-state index < -0.39 is 0 Å². The molecule has 1 aromatic rings. The molecule has 92 valence electrons. The maximum Gasteiger partial charge on any atom is 0.251 e. The van der Waals surface area contributed by atoms with Crippen molar-refractivity contribution in [1.29, 1.82) is 0 Å². The molecule has 2 rings (SSSR count). The van der Waals surface area contributed by atoms with Gasteiger partial charge in [-0.3, -0.25) is 9.78 Å². The molecule has 0 radical (unpaired) electrons. The van der Waals surface area contributed by atoms with Gasteiger partial charge in [-0.15, -0.1) is 11.6 Å². The Labute approximate surface area is 107 Å². The standard InChI is InChI=1S/C13H17ClN2O/c1-9-7-10(5-6-15-9)13(17)16-8-11-3-2-4-12(11)14/h5-7,11-12H,2-4,8H2,1H3,(H,16,17). The number of hydrogen-bond donors (Lipinski definition) is 1. The fourth-order valence-corrected chi connectivity index (χ4v) is 2.60. The minimum absolute atomic E-state index is 0.0359. The van der Waals surface area contributed by atoms with Crippen LogP contribution in [0.15, 0.2) is 18.3 Å². The van der Waals surface area contributed by atoms with Crippen molar-refractivity contribution in [1.82, 2.24) is 10.3 Å². The summed E-state index contributed by atoms with van der Waals surface area (Å²) in [5.41, 5.74) is 1.52. The summed E-state index contributed by atoms with van der Waals surface area (Å²) in [7, 11) is 0. The molecule has 1 aliphatic rings. The summed E-state index contributed by atoms with van der Waals surface area (Å²) in [5.74, 6) is 0.384. The first-order valence-electron chi connectivity index (χ1n) is 6.02. The van der Waals surface area contributed by atoms with Gasteiger partial charge in [-0.25, -0.2) is 0 Å². The van der Waals surface area contributed by atoms with Gasteiger partial charge >= 0.3 is 0 Å². The number of halogens is 1. The van der Waals surface area contributed by atoms with Crippen molar-refractivity contribution in [2.45, 2.75) is 31.6 Å². The van der Waals surface area contributed by atoms with Crippen LogP contribution in [-0.4, -0.2) is 22.8 Å². The van der Waals surface area contributed by atoms with Crippen LogP contribution in [0, 0.1) is 12.8 Å². The van der Waals surface area contributed by atoms with Crippen molar-refractivity contribution in [2.24, 2.45) is 5.92 Å². The first-order chi connectivity index (χ1) is 8.16. The van der Waals surface area contributed by atoms with Gasteiger partial charge in [0.15, 0.2) is 0 Å². The van der Waals surface area contributed by atoms with E-state index in [0.717, 1.165) is 18.5 Å². The fraction of sp³-hybridized carbons (Fsp3) is 0.538. The lowest BCUT2D eigenvalue weighted by Gasteiger charge is -2.14. The van der Waals surface area contributed by atoms with E-state index in [4.69, 9.17) is 11.6 Å². The number of amides is 1. The summed E-state index contributed by atoms with van der Waals surface area (Å²) in [5, 5.41) is 3.16. The number of aryl methyl sites for hydroxylation is 1. The van der Waals surface area contributed by atoms with Crippen LogP contribution in [-0.2, 0) is 0 Å². The van der Waals surface area contributed by atoms with Crippen molar-refractivity contribution in [3.05, 3.63) is 29.6 Å². The zero-order valence-electron chi connectivity index (χ0n) is 9.95. The van der Waals surface area contributed by atoms with Gasteiger partial charge in [-0.2, -0.15) is 0 Å². The van der Waals surface area contributed by atoms with Crippen molar-refractivity contribution in [3.8, 4) is 0 Å². The van der Waals surface area contributed by atoms with E-state index in [9.17, 15) is 4.79 Å². The van der Waals surface area contributed by atoms with Crippen molar-refractivity contribution in [3.63, 3.8) is 0 Å². The summed E-state index contributed by atoms with van der Waals surface area (Å²) < 4.78 is 0. The number of carbonyl (C=O) groups is 1. The van der Waals surface area contributed by atoms with Gasteiger partial charge in [0.05, 0.1) is 0 Å². The highest BCUT2D eigenvalue weighted by Gasteiger charge is 2.25. The molecule has 3 nitrogen and oxygen atoms in total. The Balaban J connectivity index is 1.89. The topological polar surface area (TPSA) is 42.0 Å². The van der Waals surface area contributed by atoms with E-state index in [2.05, 4.69) is 10.3 Å². The Bertz CT molecular complexity index is 408. The Morgan fingerprint density at radius 3 is 3.06 bits per heavy atom. The number of alkyl halides is 1. The van der Waals surface area contributed by atoms with E-state index in [1.807, 2.05) is 6.92 Å². The van der Waals surface area contributed by atoms with Crippen LogP contribution in [0.3, 0.4) is 0 Å². The molecule has 1 aromatic heterocycles. The summed E-state index contributed by atoms with van der Waals surface area (Å²) in [6.07, 6.45) is 5.01. The van der Waals surface area contributed by atoms with E-state index in [-0.39, 0.29) is 11.3 Å². The number of aromatic nitrogens is 1. The number of carbonyl (C=O) groups excluding carboxylic acids is 1. The smallest absolute Gasteiger partial charge is 0.251 e. The molecular weight excluding hydrogens is 236 g/mol. The minimum Gasteiger partial charge on any atom is -0.352 e. The highest BCUT2D eigenvalue weighted by Crippen LogP contribution is 2.29. The van der Waals surface area contributed by atoms with Gasteiger partial charge < -0.3 is 5.32 Å². The van der Waals surface area contributed by atoms with Gasteiger partial charge in [-0.1, -0.05) is 6.42 Å². The normalized spacial score (nSPS) is 23.6. The van der Waals surface area contributed by atoms with Gasteiger partial charge in [-0.05, 0) is 37.8 Å². The molecule has 0 aromatic carbocycles. The molecule has 1 aliphatic carbocycles. The predicted molar refractivity (Wildman–Crippen MR) is 68.3 cm³/mol. The number of nitrogens with one attached hydrogen (secondary N) is 1. The lowest BCUT2D eigenvalue weighted by molar-refractivity contribution is 0.0947. The summed E-state index contributed by atoms with van der Waals surface area (Å²) in [6.45, 7) is 2.55. The van der Waals surface area contributed by atoms with E-state index >= 15 is 0 Å². The molecule has 0 spiro atoms. The number of nitrogens with zero attached hydrogens (tertiary/aromatic N) is 1. The third-order valence-corrected chi connectivity index (χ3v) is 3.82. The second-order valence-electron chi connectivity index (χ2n) is 4.60. The van der Waals surface area contributed by atoms with Crippen molar-refractivity contribution >= 4 is 17.5 Å². The first-order valence-corrected chi connectivity index (χ1v) is 6.45. The van der Waals surface area contributed by atoms with Crippen LogP contribution < -0.4 is 5.32 Å². The largest absolute Gasteiger partial charge is 0.352 e. The van der Waals surface area contributed by atoms with Crippen LogP contribution in [0.25, 0.3) is 0 Å². The number of rotatable bonds is 3. The predicted octanol–water partition coefficient (Wildman–Crippen LogP) is 2.53. The minimum atomic E-state index is -0.0359. The lowest BCUT2D eigenvalue weighted by atomic mass is 10.1. The second kappa shape index (κ2) is 5.50. The lowest BCUT2D eigenvalue weighted by Crippen LogP contribution is -2.31. The molecule has 2 atom stereocenters. The molecule has 0 bridgehead atoms. The zero-order valence-corrected chi connectivity index (χ0v) is 10.7. The van der Waals surface area contributed by atoms with Crippen LogP contribution in [0.5, 0.6) is 0 Å². The SMILES string of the molecule is Cc1cc(C(=O)NCC2CCCC2Cl)ccn1. The number of pyridine rings is 1. The quantitative estimate of drug-likeness (QED) is 0.840. The fourth-order valence-electron chi connectivity index (χ4n) is 2.23. The van der Waals surface area contributed by atoms with Crippen LogP contribution in [0.2, 0.25) is 0 Å². The Morgan fingerprint density at radius 1 is 1.59 bits per heavy atom. The van der Waals surface area contributed by atoms with Gasteiger partial charge in [0.1, 0.15) is 0 Å². The van der Waals surface area contributed by atoms with Crippen molar-refractivity contribution in [2.75, 3.05) is 6.54 Å². The van der Waals surface area contributed by atoms with Gasteiger partial charge in [0.2, 0.25) is 0 Å². The monoisotopic (exact) mass is 252 g/mol. The average Bonchev–Trinajstić information content (AvgIpc) is 2.72. The second-order valence-corrected chi connectivity index (χ2v) is 5.16. The Hall–Kier alpha value is -1.09. The molecular formula is C13H17ClN2O. The molecule has 1 amide bonds. The van der Waals surface area contributed by atoms with Crippen LogP contribution in [0.1, 0.15) is 35.3 Å². The summed E-state index contributed by atoms with van der Waals surface area (Å²) in [6, 6.07) is 3.53. The van der Waals surface area contributed by atoms with Crippen molar-refractivity contribution < 1.29 is 4.79 Å². The Kier molecular flexibility index (Phi) is 4.00. The molecule has 17 heavy (non-hydrogen) atoms. The average molecular weight is 253 g/mol. The molecule has 1 saturated carbocycles. The number of hydrogen-bond acceptors (Lipinski definition) is 2. The summed E-state index contributed by atoms with van der Waals surface area (Å²) in [4.78, 5) is 15.9. The third kappa shape index (κ3) is 3.19. The van der Waals surface area contributed by atoms with E-state index in [1.165, 1.54) is 6.42 Å². The maximum atomic E-state index is 11.9. The molecule has 4 heteroatoms. The highest BCUT2D eigenvalue weighted by molar-refractivity contribution is 6.21.